The molecule has 0 heterocycles. The van der Waals surface area contributed by atoms with Gasteiger partial charge in [-0.2, -0.15) is 5.26 Å². The lowest BCUT2D eigenvalue weighted by atomic mass is 9.68. The van der Waals surface area contributed by atoms with Crippen LogP contribution in [0.5, 0.6) is 0 Å². The summed E-state index contributed by atoms with van der Waals surface area (Å²) in [7, 11) is 2.12. The van der Waals surface area contributed by atoms with Crippen molar-refractivity contribution in [2.45, 2.75) is 43.6 Å². The van der Waals surface area contributed by atoms with Crippen LogP contribution in [0.4, 0.5) is 0 Å². The van der Waals surface area contributed by atoms with Gasteiger partial charge in [0.15, 0.2) is 0 Å². The highest BCUT2D eigenvalue weighted by Crippen LogP contribution is 2.40. The van der Waals surface area contributed by atoms with Gasteiger partial charge >= 0.3 is 0 Å². The van der Waals surface area contributed by atoms with E-state index in [1.165, 1.54) is 5.56 Å². The lowest BCUT2D eigenvalue weighted by Gasteiger charge is -2.42. The molecule has 0 bridgehead atoms. The summed E-state index contributed by atoms with van der Waals surface area (Å²) < 4.78 is 0. The molecule has 0 spiro atoms. The molecule has 0 saturated heterocycles. The molecule has 0 radical (unpaired) electrons. The minimum Gasteiger partial charge on any atom is -0.330 e. The van der Waals surface area contributed by atoms with Gasteiger partial charge in [-0.15, -0.1) is 12.4 Å². The fourth-order valence-electron chi connectivity index (χ4n) is 3.43. The fraction of sp³-hybridized carbons (Fsp3) is 0.588. The zero-order valence-corrected chi connectivity index (χ0v) is 14.7. The van der Waals surface area contributed by atoms with Crippen molar-refractivity contribution in [3.05, 3.63) is 34.9 Å². The first-order valence-corrected chi connectivity index (χ1v) is 8.02. The first-order chi connectivity index (χ1) is 10.1. The summed E-state index contributed by atoms with van der Waals surface area (Å²) >= 11 is 6.14. The number of nitrogens with two attached hydrogens (primary N) is 1. The maximum absolute atomic E-state index is 8.70. The summed E-state index contributed by atoms with van der Waals surface area (Å²) in [5, 5.41) is 9.49. The highest BCUT2D eigenvalue weighted by Gasteiger charge is 2.36. The van der Waals surface area contributed by atoms with Crippen LogP contribution in [0.2, 0.25) is 5.02 Å². The van der Waals surface area contributed by atoms with Gasteiger partial charge < -0.3 is 10.6 Å². The first-order valence-electron chi connectivity index (χ1n) is 7.64. The quantitative estimate of drug-likeness (QED) is 0.887. The van der Waals surface area contributed by atoms with Gasteiger partial charge in [0.05, 0.1) is 6.07 Å². The number of benzene rings is 1. The van der Waals surface area contributed by atoms with Gasteiger partial charge in [-0.25, -0.2) is 0 Å². The Morgan fingerprint density at radius 1 is 1.41 bits per heavy atom. The summed E-state index contributed by atoms with van der Waals surface area (Å²) in [6, 6.07) is 10.9. The monoisotopic (exact) mass is 341 g/mol. The van der Waals surface area contributed by atoms with E-state index >= 15 is 0 Å². The highest BCUT2D eigenvalue weighted by molar-refractivity contribution is 6.30. The summed E-state index contributed by atoms with van der Waals surface area (Å²) in [6.07, 6.45) is 5.04. The largest absolute Gasteiger partial charge is 0.330 e. The summed E-state index contributed by atoms with van der Waals surface area (Å²) in [5.74, 6) is 0. The van der Waals surface area contributed by atoms with Crippen molar-refractivity contribution < 1.29 is 0 Å². The third kappa shape index (κ3) is 4.36. The number of nitrogens with zero attached hydrogens (tertiary/aromatic N) is 2. The Labute approximate surface area is 144 Å². The number of hydrogen-bond donors (Lipinski definition) is 1. The minimum atomic E-state index is 0. The Balaban J connectivity index is 0.00000242. The molecule has 1 aliphatic rings. The van der Waals surface area contributed by atoms with Crippen LogP contribution in [0.25, 0.3) is 0 Å². The molecule has 0 amide bonds. The van der Waals surface area contributed by atoms with Crippen LogP contribution in [-0.4, -0.2) is 31.1 Å². The number of hydrogen-bond acceptors (Lipinski definition) is 3. The Hall–Kier alpha value is -0.790. The molecule has 0 aromatic heterocycles. The molecule has 1 aliphatic carbocycles. The molecule has 1 aromatic rings. The average molecular weight is 342 g/mol. The molecule has 0 unspecified atom stereocenters. The molecule has 1 saturated carbocycles. The molecule has 1 fully saturated rings. The third-order valence-electron chi connectivity index (χ3n) is 4.94. The van der Waals surface area contributed by atoms with Crippen molar-refractivity contribution in [1.29, 1.82) is 5.26 Å². The van der Waals surface area contributed by atoms with E-state index in [0.29, 0.717) is 19.0 Å². The molecular formula is C17H25Cl2N3. The van der Waals surface area contributed by atoms with E-state index in [1.807, 2.05) is 12.1 Å². The molecule has 2 rings (SSSR count). The van der Waals surface area contributed by atoms with E-state index < -0.39 is 0 Å². The van der Waals surface area contributed by atoms with Crippen molar-refractivity contribution in [3.63, 3.8) is 0 Å². The Morgan fingerprint density at radius 3 is 2.64 bits per heavy atom. The average Bonchev–Trinajstić information content (AvgIpc) is 2.52. The molecule has 5 heteroatoms. The molecule has 0 atom stereocenters. The topological polar surface area (TPSA) is 53.0 Å². The SMILES string of the molecule is CN(CCC#N)[C@H]1CC[C@@](CN)(c2cccc(Cl)c2)CC1.Cl. The summed E-state index contributed by atoms with van der Waals surface area (Å²) in [5.41, 5.74) is 7.46. The normalized spacial score (nSPS) is 24.6. The van der Waals surface area contributed by atoms with E-state index in [-0.39, 0.29) is 17.8 Å². The predicted octanol–water partition coefficient (Wildman–Crippen LogP) is 3.75. The highest BCUT2D eigenvalue weighted by atomic mass is 35.5. The van der Waals surface area contributed by atoms with Crippen molar-refractivity contribution in [1.82, 2.24) is 4.90 Å². The van der Waals surface area contributed by atoms with Gasteiger partial charge in [-0.1, -0.05) is 23.7 Å². The Morgan fingerprint density at radius 2 is 2.09 bits per heavy atom. The van der Waals surface area contributed by atoms with Gasteiger partial charge in [0, 0.05) is 36.0 Å². The maximum atomic E-state index is 8.70. The molecular weight excluding hydrogens is 317 g/mol. The number of rotatable bonds is 5. The van der Waals surface area contributed by atoms with Crippen LogP contribution in [0.1, 0.15) is 37.7 Å². The Kier molecular flexibility index (Phi) is 7.65. The van der Waals surface area contributed by atoms with Crippen LogP contribution in [0, 0.1) is 11.3 Å². The van der Waals surface area contributed by atoms with E-state index in [0.717, 1.165) is 37.3 Å². The summed E-state index contributed by atoms with van der Waals surface area (Å²) in [6.45, 7) is 1.52. The smallest absolute Gasteiger partial charge is 0.0635 e. The third-order valence-corrected chi connectivity index (χ3v) is 5.17. The van der Waals surface area contributed by atoms with Crippen molar-refractivity contribution in [3.8, 4) is 6.07 Å². The fourth-order valence-corrected chi connectivity index (χ4v) is 3.62. The Bertz CT molecular complexity index is 505. The standard InChI is InChI=1S/C17H24ClN3.ClH/c1-21(11-3-10-19)16-6-8-17(13-20,9-7-16)14-4-2-5-15(18)12-14;/h2,4-5,12,16H,3,6-9,11,13,20H2,1H3;1H/t16-,17+;. The van der Waals surface area contributed by atoms with Gasteiger partial charge in [0.2, 0.25) is 0 Å². The van der Waals surface area contributed by atoms with E-state index in [9.17, 15) is 0 Å². The molecule has 122 valence electrons. The van der Waals surface area contributed by atoms with E-state index in [1.54, 1.807) is 0 Å². The van der Waals surface area contributed by atoms with Gasteiger partial charge in [-0.05, 0) is 50.4 Å². The maximum Gasteiger partial charge on any atom is 0.0635 e. The second-order valence-corrected chi connectivity index (χ2v) is 6.55. The van der Waals surface area contributed by atoms with Gasteiger partial charge in [0.1, 0.15) is 0 Å². The molecule has 3 nitrogen and oxygen atoms in total. The van der Waals surface area contributed by atoms with Gasteiger partial charge in [-0.3, -0.25) is 0 Å². The predicted molar refractivity (Wildman–Crippen MR) is 94.5 cm³/mol. The second-order valence-electron chi connectivity index (χ2n) is 6.11. The lowest BCUT2D eigenvalue weighted by Crippen LogP contribution is -2.44. The summed E-state index contributed by atoms with van der Waals surface area (Å²) in [4.78, 5) is 2.32. The van der Waals surface area contributed by atoms with Gasteiger partial charge in [0.25, 0.3) is 0 Å². The van der Waals surface area contributed by atoms with Crippen molar-refractivity contribution in [2.24, 2.45) is 5.73 Å². The lowest BCUT2D eigenvalue weighted by molar-refractivity contribution is 0.152. The van der Waals surface area contributed by atoms with Crippen LogP contribution < -0.4 is 5.73 Å². The van der Waals surface area contributed by atoms with Crippen molar-refractivity contribution in [2.75, 3.05) is 20.1 Å². The van der Waals surface area contributed by atoms with Crippen LogP contribution >= 0.6 is 24.0 Å². The minimum absolute atomic E-state index is 0. The first kappa shape index (κ1) is 19.3. The number of nitriles is 1. The zero-order valence-electron chi connectivity index (χ0n) is 13.1. The van der Waals surface area contributed by atoms with Crippen LogP contribution in [-0.2, 0) is 5.41 Å². The molecule has 0 aliphatic heterocycles. The van der Waals surface area contributed by atoms with Crippen LogP contribution in [0.15, 0.2) is 24.3 Å². The van der Waals surface area contributed by atoms with Crippen LogP contribution in [0.3, 0.4) is 0 Å². The van der Waals surface area contributed by atoms with Crippen molar-refractivity contribution >= 4 is 24.0 Å². The zero-order chi connectivity index (χ0) is 15.3. The molecule has 2 N–H and O–H groups in total. The number of halogens is 2. The molecule has 22 heavy (non-hydrogen) atoms. The van der Waals surface area contributed by atoms with E-state index in [4.69, 9.17) is 22.6 Å². The van der Waals surface area contributed by atoms with E-state index in [2.05, 4.69) is 30.1 Å². The molecule has 1 aromatic carbocycles. The second kappa shape index (κ2) is 8.74.